The maximum Gasteiger partial charge on any atom is 0.0428 e. The van der Waals surface area contributed by atoms with E-state index in [0.29, 0.717) is 5.92 Å². The monoisotopic (exact) mass is 303 g/mol. The molecule has 1 atom stereocenters. The van der Waals surface area contributed by atoms with E-state index in [1.807, 2.05) is 18.4 Å². The molecule has 126 valence electrons. The zero-order valence-electron chi connectivity index (χ0n) is 15.0. The summed E-state index contributed by atoms with van der Waals surface area (Å²) in [6.07, 6.45) is 22.0. The number of rotatable bonds is 15. The fourth-order valence-electron chi connectivity index (χ4n) is 2.77. The summed E-state index contributed by atoms with van der Waals surface area (Å²) >= 11 is 0. The number of hydrogen-bond acceptors (Lipinski definition) is 1. The molecule has 1 nitrogen and oxygen atoms in total. The zero-order valence-corrected chi connectivity index (χ0v) is 15.0. The van der Waals surface area contributed by atoms with E-state index >= 15 is 0 Å². The second kappa shape index (κ2) is 16.3. The lowest BCUT2D eigenvalue weighted by atomic mass is 9.90. The van der Waals surface area contributed by atoms with Gasteiger partial charge in [-0.25, -0.2) is 0 Å². The second-order valence-corrected chi connectivity index (χ2v) is 6.08. The molecule has 0 spiro atoms. The average Bonchev–Trinajstić information content (AvgIpc) is 2.54. The van der Waals surface area contributed by atoms with Gasteiger partial charge in [-0.3, -0.25) is 4.99 Å². The number of unbranched alkanes of at least 4 members (excludes halogenated alkanes) is 7. The van der Waals surface area contributed by atoms with Gasteiger partial charge >= 0.3 is 0 Å². The SMILES string of the molecule is C=C/C=C\N=C(/C=C)C(CCCCCC)CCCCCCC. The van der Waals surface area contributed by atoms with Crippen LogP contribution in [0.15, 0.2) is 42.6 Å². The molecule has 0 aromatic heterocycles. The van der Waals surface area contributed by atoms with Crippen LogP contribution in [0.4, 0.5) is 0 Å². The summed E-state index contributed by atoms with van der Waals surface area (Å²) in [5.74, 6) is 0.574. The molecule has 0 bridgehead atoms. The summed E-state index contributed by atoms with van der Waals surface area (Å²) in [7, 11) is 0. The second-order valence-electron chi connectivity index (χ2n) is 6.08. The van der Waals surface area contributed by atoms with Crippen molar-refractivity contribution in [1.29, 1.82) is 0 Å². The predicted molar refractivity (Wildman–Crippen MR) is 103 cm³/mol. The molecule has 0 N–H and O–H groups in total. The van der Waals surface area contributed by atoms with E-state index in [0.717, 1.165) is 5.71 Å². The van der Waals surface area contributed by atoms with Crippen molar-refractivity contribution < 1.29 is 0 Å². The van der Waals surface area contributed by atoms with Gasteiger partial charge in [0.1, 0.15) is 0 Å². The first-order valence-corrected chi connectivity index (χ1v) is 9.27. The lowest BCUT2D eigenvalue weighted by Gasteiger charge is -2.17. The third-order valence-electron chi connectivity index (χ3n) is 4.14. The third kappa shape index (κ3) is 11.5. The minimum atomic E-state index is 0.574. The van der Waals surface area contributed by atoms with Gasteiger partial charge in [-0.1, -0.05) is 90.9 Å². The van der Waals surface area contributed by atoms with Gasteiger partial charge < -0.3 is 0 Å². The fourth-order valence-corrected chi connectivity index (χ4v) is 2.77. The molecule has 22 heavy (non-hydrogen) atoms. The third-order valence-corrected chi connectivity index (χ3v) is 4.14. The molecule has 0 aromatic rings. The summed E-state index contributed by atoms with van der Waals surface area (Å²) < 4.78 is 0. The summed E-state index contributed by atoms with van der Waals surface area (Å²) in [5, 5.41) is 0. The van der Waals surface area contributed by atoms with Gasteiger partial charge in [-0.05, 0) is 25.0 Å². The van der Waals surface area contributed by atoms with Gasteiger partial charge in [0.05, 0.1) is 0 Å². The molecule has 0 aliphatic rings. The Morgan fingerprint density at radius 3 is 1.91 bits per heavy atom. The molecule has 1 unspecified atom stereocenters. The Morgan fingerprint density at radius 2 is 1.41 bits per heavy atom. The predicted octanol–water partition coefficient (Wildman–Crippen LogP) is 7.26. The molecule has 0 aliphatic carbocycles. The molecular formula is C21H37N. The summed E-state index contributed by atoms with van der Waals surface area (Å²) in [4.78, 5) is 4.59. The highest BCUT2D eigenvalue weighted by atomic mass is 14.7. The van der Waals surface area contributed by atoms with Crippen molar-refractivity contribution in [3.63, 3.8) is 0 Å². The molecule has 0 aromatic carbocycles. The van der Waals surface area contributed by atoms with Crippen LogP contribution in [0.3, 0.4) is 0 Å². The first-order valence-electron chi connectivity index (χ1n) is 9.27. The Labute approximate surface area is 139 Å². The van der Waals surface area contributed by atoms with Crippen molar-refractivity contribution >= 4 is 5.71 Å². The number of nitrogens with zero attached hydrogens (tertiary/aromatic N) is 1. The Hall–Kier alpha value is -1.11. The number of aliphatic imine (C=N–C) groups is 1. The van der Waals surface area contributed by atoms with Crippen LogP contribution in [0.5, 0.6) is 0 Å². The van der Waals surface area contributed by atoms with E-state index in [9.17, 15) is 0 Å². The molecule has 0 amide bonds. The van der Waals surface area contributed by atoms with Crippen molar-refractivity contribution in [2.75, 3.05) is 0 Å². The van der Waals surface area contributed by atoms with Crippen LogP contribution in [0, 0.1) is 5.92 Å². The molecular weight excluding hydrogens is 266 g/mol. The van der Waals surface area contributed by atoms with E-state index in [1.165, 1.54) is 70.6 Å². The van der Waals surface area contributed by atoms with Crippen LogP contribution in [0.2, 0.25) is 0 Å². The van der Waals surface area contributed by atoms with Crippen LogP contribution in [-0.2, 0) is 0 Å². The molecule has 0 radical (unpaired) electrons. The van der Waals surface area contributed by atoms with Crippen molar-refractivity contribution in [3.05, 3.63) is 37.6 Å². The summed E-state index contributed by atoms with van der Waals surface area (Å²) in [6.45, 7) is 12.2. The van der Waals surface area contributed by atoms with E-state index in [2.05, 4.69) is 32.0 Å². The molecule has 1 heteroatoms. The van der Waals surface area contributed by atoms with Crippen LogP contribution in [0.1, 0.15) is 84.5 Å². The number of hydrogen-bond donors (Lipinski definition) is 0. The minimum Gasteiger partial charge on any atom is -0.261 e. The van der Waals surface area contributed by atoms with E-state index in [-0.39, 0.29) is 0 Å². The van der Waals surface area contributed by atoms with Crippen LogP contribution < -0.4 is 0 Å². The summed E-state index contributed by atoms with van der Waals surface area (Å²) in [5.41, 5.74) is 1.16. The standard InChI is InChI=1S/C21H37N/c1-5-9-12-14-16-18-20(17-15-13-10-6-2)21(8-4)22-19-11-7-3/h7-8,11,19-20H,3-6,9-10,12-18H2,1-2H3/b19-11-,22-21+. The van der Waals surface area contributed by atoms with Gasteiger partial charge in [0.2, 0.25) is 0 Å². The molecule has 0 saturated carbocycles. The van der Waals surface area contributed by atoms with Gasteiger partial charge in [-0.2, -0.15) is 0 Å². The van der Waals surface area contributed by atoms with Crippen molar-refractivity contribution in [3.8, 4) is 0 Å². The van der Waals surface area contributed by atoms with E-state index < -0.39 is 0 Å². The Morgan fingerprint density at radius 1 is 0.864 bits per heavy atom. The molecule has 0 fully saturated rings. The lowest BCUT2D eigenvalue weighted by molar-refractivity contribution is 0.491. The zero-order chi connectivity index (χ0) is 16.5. The maximum absolute atomic E-state index is 4.59. The lowest BCUT2D eigenvalue weighted by Crippen LogP contribution is -2.12. The highest BCUT2D eigenvalue weighted by molar-refractivity contribution is 5.96. The molecule has 0 rings (SSSR count). The maximum atomic E-state index is 4.59. The van der Waals surface area contributed by atoms with E-state index in [1.54, 1.807) is 6.08 Å². The van der Waals surface area contributed by atoms with Crippen LogP contribution >= 0.6 is 0 Å². The van der Waals surface area contributed by atoms with Crippen LogP contribution in [0.25, 0.3) is 0 Å². The van der Waals surface area contributed by atoms with E-state index in [4.69, 9.17) is 0 Å². The minimum absolute atomic E-state index is 0.574. The fraction of sp³-hybridized carbons (Fsp3) is 0.667. The van der Waals surface area contributed by atoms with Gasteiger partial charge in [0.15, 0.2) is 0 Å². The van der Waals surface area contributed by atoms with Gasteiger partial charge in [0, 0.05) is 17.8 Å². The smallest absolute Gasteiger partial charge is 0.0428 e. The van der Waals surface area contributed by atoms with Gasteiger partial charge in [0.25, 0.3) is 0 Å². The summed E-state index contributed by atoms with van der Waals surface area (Å²) in [6, 6.07) is 0. The van der Waals surface area contributed by atoms with Crippen molar-refractivity contribution in [2.24, 2.45) is 10.9 Å². The highest BCUT2D eigenvalue weighted by Gasteiger charge is 2.12. The first kappa shape index (κ1) is 20.9. The largest absolute Gasteiger partial charge is 0.261 e. The number of allylic oxidation sites excluding steroid dienone is 3. The Bertz CT molecular complexity index is 325. The van der Waals surface area contributed by atoms with Crippen molar-refractivity contribution in [2.45, 2.75) is 84.5 Å². The molecule has 0 saturated heterocycles. The van der Waals surface area contributed by atoms with Gasteiger partial charge in [-0.15, -0.1) is 0 Å². The molecule has 0 aliphatic heterocycles. The Balaban J connectivity index is 4.45. The van der Waals surface area contributed by atoms with Crippen molar-refractivity contribution in [1.82, 2.24) is 0 Å². The van der Waals surface area contributed by atoms with Crippen LogP contribution in [-0.4, -0.2) is 5.71 Å². The Kier molecular flexibility index (Phi) is 15.4. The average molecular weight is 304 g/mol. The first-order chi connectivity index (χ1) is 10.8. The highest BCUT2D eigenvalue weighted by Crippen LogP contribution is 2.21. The normalized spacial score (nSPS) is 13.5. The topological polar surface area (TPSA) is 12.4 Å². The molecule has 0 heterocycles. The quantitative estimate of drug-likeness (QED) is 0.171.